The van der Waals surface area contributed by atoms with Crippen LogP contribution in [0, 0.1) is 23.4 Å². The topological polar surface area (TPSA) is 63.6 Å². The summed E-state index contributed by atoms with van der Waals surface area (Å²) < 4.78 is 46.3. The number of ether oxygens (including phenoxy) is 1. The second-order valence-electron chi connectivity index (χ2n) is 7.69. The normalized spacial score (nSPS) is 13.3. The molecule has 4 rings (SSSR count). The molecular formula is C25H19F3O4. The van der Waals surface area contributed by atoms with Gasteiger partial charge in [-0.1, -0.05) is 54.6 Å². The average Bonchev–Trinajstić information content (AvgIpc) is 3.10. The van der Waals surface area contributed by atoms with E-state index in [0.29, 0.717) is 0 Å². The lowest BCUT2D eigenvalue weighted by molar-refractivity contribution is -0.153. The van der Waals surface area contributed by atoms with Crippen LogP contribution < -0.4 is 0 Å². The van der Waals surface area contributed by atoms with E-state index < -0.39 is 48.1 Å². The summed E-state index contributed by atoms with van der Waals surface area (Å²) in [5, 5.41) is 9.18. The van der Waals surface area contributed by atoms with Crippen molar-refractivity contribution in [1.82, 2.24) is 0 Å². The fraction of sp³-hybridized carbons (Fsp3) is 0.200. The highest BCUT2D eigenvalue weighted by Gasteiger charge is 2.31. The molecule has 7 heteroatoms. The molecule has 1 N–H and O–H groups in total. The molecule has 0 fully saturated rings. The van der Waals surface area contributed by atoms with E-state index in [9.17, 15) is 27.9 Å². The van der Waals surface area contributed by atoms with Crippen molar-refractivity contribution in [3.8, 4) is 11.1 Å². The van der Waals surface area contributed by atoms with Crippen molar-refractivity contribution in [3.05, 3.63) is 94.8 Å². The molecule has 0 heterocycles. The number of benzene rings is 3. The molecule has 3 aromatic carbocycles. The van der Waals surface area contributed by atoms with Crippen LogP contribution in [0.3, 0.4) is 0 Å². The Balaban J connectivity index is 1.54. The molecule has 3 aromatic rings. The van der Waals surface area contributed by atoms with Gasteiger partial charge in [0, 0.05) is 5.92 Å². The molecule has 0 saturated heterocycles. The maximum absolute atomic E-state index is 14.1. The number of hydrogen-bond donors (Lipinski definition) is 1. The van der Waals surface area contributed by atoms with Crippen LogP contribution in [0.25, 0.3) is 11.1 Å². The molecule has 0 aliphatic heterocycles. The highest BCUT2D eigenvalue weighted by molar-refractivity contribution is 5.81. The zero-order chi connectivity index (χ0) is 22.8. The van der Waals surface area contributed by atoms with Crippen LogP contribution in [-0.4, -0.2) is 23.7 Å². The number of carboxylic acids is 1. The first-order valence-electron chi connectivity index (χ1n) is 10.1. The van der Waals surface area contributed by atoms with Crippen molar-refractivity contribution in [2.75, 3.05) is 6.61 Å². The first kappa shape index (κ1) is 21.6. The maximum atomic E-state index is 14.1. The summed E-state index contributed by atoms with van der Waals surface area (Å²) in [6.45, 7) is -0.0246. The van der Waals surface area contributed by atoms with E-state index >= 15 is 0 Å². The zero-order valence-electron chi connectivity index (χ0n) is 16.9. The fourth-order valence-electron chi connectivity index (χ4n) is 4.16. The van der Waals surface area contributed by atoms with Gasteiger partial charge in [0.2, 0.25) is 0 Å². The highest BCUT2D eigenvalue weighted by atomic mass is 19.2. The lowest BCUT2D eigenvalue weighted by atomic mass is 9.95. The van der Waals surface area contributed by atoms with Crippen LogP contribution in [-0.2, 0) is 20.7 Å². The molecule has 0 spiro atoms. The number of esters is 1. The first-order valence-corrected chi connectivity index (χ1v) is 10.1. The maximum Gasteiger partial charge on any atom is 0.309 e. The summed E-state index contributed by atoms with van der Waals surface area (Å²) in [5.41, 5.74) is 3.76. The number of carbonyl (C=O) groups excluding carboxylic acids is 1. The van der Waals surface area contributed by atoms with Crippen molar-refractivity contribution in [3.63, 3.8) is 0 Å². The summed E-state index contributed by atoms with van der Waals surface area (Å²) in [4.78, 5) is 24.0. The van der Waals surface area contributed by atoms with Gasteiger partial charge in [-0.25, -0.2) is 13.2 Å². The van der Waals surface area contributed by atoms with Crippen molar-refractivity contribution in [2.45, 2.75) is 18.8 Å². The highest BCUT2D eigenvalue weighted by Crippen LogP contribution is 2.44. The number of fused-ring (bicyclic) bond motifs is 3. The van der Waals surface area contributed by atoms with Crippen LogP contribution in [0.4, 0.5) is 13.2 Å². The van der Waals surface area contributed by atoms with Gasteiger partial charge in [-0.3, -0.25) is 9.59 Å². The molecule has 0 aromatic heterocycles. The molecule has 1 atom stereocenters. The van der Waals surface area contributed by atoms with Crippen LogP contribution in [0.1, 0.15) is 29.0 Å². The Morgan fingerprint density at radius 2 is 1.47 bits per heavy atom. The third-order valence-corrected chi connectivity index (χ3v) is 5.69. The Kier molecular flexibility index (Phi) is 5.99. The number of carbonyl (C=O) groups is 2. The van der Waals surface area contributed by atoms with E-state index in [0.717, 1.165) is 34.4 Å². The van der Waals surface area contributed by atoms with Crippen molar-refractivity contribution in [1.29, 1.82) is 0 Å². The van der Waals surface area contributed by atoms with Crippen molar-refractivity contribution < 1.29 is 32.6 Å². The lowest BCUT2D eigenvalue weighted by Gasteiger charge is -2.18. The van der Waals surface area contributed by atoms with Gasteiger partial charge in [0.15, 0.2) is 17.5 Å². The minimum atomic E-state index is -1.66. The quantitative estimate of drug-likeness (QED) is 0.411. The fourth-order valence-corrected chi connectivity index (χ4v) is 4.16. The molecule has 0 radical (unpaired) electrons. The van der Waals surface area contributed by atoms with E-state index in [-0.39, 0.29) is 18.1 Å². The predicted octanol–water partition coefficient (Wildman–Crippen LogP) is 5.09. The number of hydrogen-bond acceptors (Lipinski definition) is 3. The van der Waals surface area contributed by atoms with Crippen LogP contribution in [0.2, 0.25) is 0 Å². The standard InChI is InChI=1S/C25H19F3O4/c26-21-10-9-14(23(27)24(21)28)11-15(12-22(29)30)25(31)32-13-20-18-7-3-1-5-16(18)17-6-2-4-8-19(17)20/h1-10,15,20H,11-13H2,(H,29,30)/t15-/m1/s1. The van der Waals surface area contributed by atoms with Crippen LogP contribution in [0.5, 0.6) is 0 Å². The van der Waals surface area contributed by atoms with Crippen LogP contribution in [0.15, 0.2) is 60.7 Å². The number of carboxylic acid groups (broad SMARTS) is 1. The van der Waals surface area contributed by atoms with E-state index in [1.165, 1.54) is 0 Å². The molecule has 164 valence electrons. The van der Waals surface area contributed by atoms with Crippen LogP contribution >= 0.6 is 0 Å². The number of aliphatic carboxylic acids is 1. The van der Waals surface area contributed by atoms with E-state index in [1.54, 1.807) is 0 Å². The Morgan fingerprint density at radius 3 is 2.06 bits per heavy atom. The van der Waals surface area contributed by atoms with Gasteiger partial charge < -0.3 is 9.84 Å². The molecule has 0 bridgehead atoms. The monoisotopic (exact) mass is 440 g/mol. The Hall–Kier alpha value is -3.61. The molecule has 0 saturated carbocycles. The third-order valence-electron chi connectivity index (χ3n) is 5.69. The van der Waals surface area contributed by atoms with E-state index in [4.69, 9.17) is 4.74 Å². The lowest BCUT2D eigenvalue weighted by Crippen LogP contribution is -2.25. The second kappa shape index (κ2) is 8.86. The van der Waals surface area contributed by atoms with Crippen molar-refractivity contribution in [2.24, 2.45) is 5.92 Å². The molecule has 32 heavy (non-hydrogen) atoms. The Morgan fingerprint density at radius 1 is 0.875 bits per heavy atom. The van der Waals surface area contributed by atoms with Crippen molar-refractivity contribution >= 4 is 11.9 Å². The van der Waals surface area contributed by atoms with Gasteiger partial charge in [0.1, 0.15) is 6.61 Å². The van der Waals surface area contributed by atoms with Gasteiger partial charge in [-0.05, 0) is 40.3 Å². The molecule has 4 nitrogen and oxygen atoms in total. The van der Waals surface area contributed by atoms with Gasteiger partial charge in [-0.2, -0.15) is 0 Å². The third kappa shape index (κ3) is 4.10. The SMILES string of the molecule is O=C(O)C[C@@H](Cc1ccc(F)c(F)c1F)C(=O)OCC1c2ccccc2-c2ccccc21. The summed E-state index contributed by atoms with van der Waals surface area (Å²) in [6.07, 6.45) is -1.05. The molecule has 1 aliphatic rings. The van der Waals surface area contributed by atoms with Gasteiger partial charge in [-0.15, -0.1) is 0 Å². The summed E-state index contributed by atoms with van der Waals surface area (Å²) in [7, 11) is 0. The summed E-state index contributed by atoms with van der Waals surface area (Å²) in [6, 6.07) is 17.2. The second-order valence-corrected chi connectivity index (χ2v) is 7.69. The molecular weight excluding hydrogens is 421 g/mol. The zero-order valence-corrected chi connectivity index (χ0v) is 16.9. The summed E-state index contributed by atoms with van der Waals surface area (Å²) in [5.74, 6) is -8.06. The minimum Gasteiger partial charge on any atom is -0.481 e. The smallest absolute Gasteiger partial charge is 0.309 e. The Labute approximate surface area is 182 Å². The van der Waals surface area contributed by atoms with Gasteiger partial charge >= 0.3 is 11.9 Å². The molecule has 1 aliphatic carbocycles. The molecule has 0 unspecified atom stereocenters. The minimum absolute atomic E-state index is 0.0246. The first-order chi connectivity index (χ1) is 15.4. The van der Waals surface area contributed by atoms with Gasteiger partial charge in [0.25, 0.3) is 0 Å². The molecule has 0 amide bonds. The number of rotatable bonds is 7. The largest absolute Gasteiger partial charge is 0.481 e. The summed E-state index contributed by atoms with van der Waals surface area (Å²) >= 11 is 0. The van der Waals surface area contributed by atoms with E-state index in [2.05, 4.69) is 0 Å². The van der Waals surface area contributed by atoms with Gasteiger partial charge in [0.05, 0.1) is 12.3 Å². The number of halogens is 3. The Bertz CT molecular complexity index is 1150. The average molecular weight is 440 g/mol. The van der Waals surface area contributed by atoms with E-state index in [1.807, 2.05) is 48.5 Å². The predicted molar refractivity (Wildman–Crippen MR) is 110 cm³/mol.